The quantitative estimate of drug-likeness (QED) is 0.443. The van der Waals surface area contributed by atoms with Gasteiger partial charge in [-0.3, -0.25) is 4.79 Å². The lowest BCUT2D eigenvalue weighted by Gasteiger charge is -2.08. The number of carbonyl (C=O) groups excluding carboxylic acids is 1. The van der Waals surface area contributed by atoms with Crippen LogP contribution in [0.5, 0.6) is 0 Å². The van der Waals surface area contributed by atoms with Crippen LogP contribution in [0, 0.1) is 6.92 Å². The molecule has 4 aromatic rings. The molecular formula is C22H17Cl2N3O. The van der Waals surface area contributed by atoms with Crippen LogP contribution in [0.25, 0.3) is 22.4 Å². The molecule has 0 aliphatic carbocycles. The van der Waals surface area contributed by atoms with E-state index in [9.17, 15) is 4.79 Å². The first kappa shape index (κ1) is 18.5. The van der Waals surface area contributed by atoms with Gasteiger partial charge in [0.15, 0.2) is 0 Å². The second-order valence-corrected chi connectivity index (χ2v) is 7.41. The molecule has 1 N–H and O–H groups in total. The minimum Gasteiger partial charge on any atom is -0.327 e. The second kappa shape index (κ2) is 7.30. The topological polar surface area (TPSA) is 46.9 Å². The van der Waals surface area contributed by atoms with Crippen molar-refractivity contribution in [1.82, 2.24) is 9.55 Å². The predicted octanol–water partition coefficient (Wildman–Crippen LogP) is 6.11. The monoisotopic (exact) mass is 409 g/mol. The van der Waals surface area contributed by atoms with Gasteiger partial charge in [0, 0.05) is 23.9 Å². The molecule has 0 unspecified atom stereocenters. The summed E-state index contributed by atoms with van der Waals surface area (Å²) in [5.41, 5.74) is 5.39. The molecule has 6 heteroatoms. The molecule has 140 valence electrons. The minimum atomic E-state index is -0.246. The van der Waals surface area contributed by atoms with Crippen molar-refractivity contribution in [2.24, 2.45) is 7.05 Å². The summed E-state index contributed by atoms with van der Waals surface area (Å²) in [5, 5.41) is 3.63. The highest BCUT2D eigenvalue weighted by molar-refractivity contribution is 6.42. The lowest BCUT2D eigenvalue weighted by Crippen LogP contribution is -2.11. The number of imidazole rings is 1. The van der Waals surface area contributed by atoms with Crippen LogP contribution in [0.3, 0.4) is 0 Å². The molecule has 0 aliphatic heterocycles. The molecule has 0 bridgehead atoms. The van der Waals surface area contributed by atoms with E-state index in [4.69, 9.17) is 28.2 Å². The molecule has 0 saturated carbocycles. The Hall–Kier alpha value is -2.82. The van der Waals surface area contributed by atoms with E-state index in [-0.39, 0.29) is 5.91 Å². The molecule has 0 aliphatic rings. The zero-order valence-electron chi connectivity index (χ0n) is 15.3. The number of aryl methyl sites for hydroxylation is 2. The molecule has 3 aromatic carbocycles. The number of nitrogens with zero attached hydrogens (tertiary/aromatic N) is 2. The highest BCUT2D eigenvalue weighted by atomic mass is 35.5. The van der Waals surface area contributed by atoms with E-state index >= 15 is 0 Å². The lowest BCUT2D eigenvalue weighted by molar-refractivity contribution is 0.102. The van der Waals surface area contributed by atoms with Gasteiger partial charge >= 0.3 is 0 Å². The summed E-state index contributed by atoms with van der Waals surface area (Å²) in [7, 11) is 2.01. The van der Waals surface area contributed by atoms with E-state index in [1.54, 1.807) is 18.2 Å². The zero-order valence-corrected chi connectivity index (χ0v) is 16.8. The van der Waals surface area contributed by atoms with Crippen molar-refractivity contribution in [2.75, 3.05) is 5.32 Å². The maximum absolute atomic E-state index is 12.4. The first-order valence-corrected chi connectivity index (χ1v) is 9.48. The molecule has 4 nitrogen and oxygen atoms in total. The number of fused-ring (bicyclic) bond motifs is 1. The van der Waals surface area contributed by atoms with Gasteiger partial charge in [-0.05, 0) is 61.0 Å². The number of amides is 1. The van der Waals surface area contributed by atoms with Crippen LogP contribution in [0.2, 0.25) is 10.0 Å². The summed E-state index contributed by atoms with van der Waals surface area (Å²) < 4.78 is 2.09. The molecule has 0 radical (unpaired) electrons. The van der Waals surface area contributed by atoms with Gasteiger partial charge in [0.2, 0.25) is 0 Å². The van der Waals surface area contributed by atoms with Crippen LogP contribution in [-0.4, -0.2) is 15.5 Å². The number of carbonyl (C=O) groups is 1. The van der Waals surface area contributed by atoms with Gasteiger partial charge in [-0.1, -0.05) is 35.3 Å². The predicted molar refractivity (Wildman–Crippen MR) is 115 cm³/mol. The van der Waals surface area contributed by atoms with Crippen molar-refractivity contribution in [3.63, 3.8) is 0 Å². The smallest absolute Gasteiger partial charge is 0.255 e. The van der Waals surface area contributed by atoms with Gasteiger partial charge < -0.3 is 9.88 Å². The van der Waals surface area contributed by atoms with Crippen molar-refractivity contribution >= 4 is 45.8 Å². The molecular weight excluding hydrogens is 393 g/mol. The normalized spacial score (nSPS) is 11.0. The number of anilines is 1. The molecule has 0 fully saturated rings. The van der Waals surface area contributed by atoms with E-state index in [0.717, 1.165) is 22.4 Å². The fourth-order valence-corrected chi connectivity index (χ4v) is 3.56. The fourth-order valence-electron chi connectivity index (χ4n) is 3.27. The first-order chi connectivity index (χ1) is 13.4. The largest absolute Gasteiger partial charge is 0.327 e. The minimum absolute atomic E-state index is 0.246. The highest BCUT2D eigenvalue weighted by Crippen LogP contribution is 2.27. The van der Waals surface area contributed by atoms with E-state index in [1.807, 2.05) is 43.4 Å². The molecule has 1 aromatic heterocycles. The molecule has 0 spiro atoms. The van der Waals surface area contributed by atoms with E-state index in [2.05, 4.69) is 22.9 Å². The van der Waals surface area contributed by atoms with E-state index < -0.39 is 0 Å². The van der Waals surface area contributed by atoms with Crippen molar-refractivity contribution in [2.45, 2.75) is 6.92 Å². The summed E-state index contributed by atoms with van der Waals surface area (Å²) >= 11 is 11.9. The third-order valence-corrected chi connectivity index (χ3v) is 5.42. The third-order valence-electron chi connectivity index (χ3n) is 4.68. The average Bonchev–Trinajstić information content (AvgIpc) is 3.02. The molecule has 4 rings (SSSR count). The Kier molecular flexibility index (Phi) is 4.84. The molecule has 0 saturated heterocycles. The average molecular weight is 410 g/mol. The molecule has 28 heavy (non-hydrogen) atoms. The summed E-state index contributed by atoms with van der Waals surface area (Å²) in [4.78, 5) is 17.2. The maximum Gasteiger partial charge on any atom is 0.255 e. The van der Waals surface area contributed by atoms with Crippen molar-refractivity contribution < 1.29 is 4.79 Å². The number of halogens is 2. The Morgan fingerprint density at radius 1 is 1.00 bits per heavy atom. The standard InChI is InChI=1S/C22H17Cl2N3O/c1-13-4-3-5-19-20(13)27(2)21(26-19)14-6-9-16(10-7-14)25-22(28)15-8-11-17(23)18(24)12-15/h3-12H,1-2H3,(H,25,28). The van der Waals surface area contributed by atoms with Crippen LogP contribution >= 0.6 is 23.2 Å². The zero-order chi connectivity index (χ0) is 19.8. The Morgan fingerprint density at radius 3 is 2.43 bits per heavy atom. The molecule has 1 heterocycles. The number of nitrogens with one attached hydrogen (secondary N) is 1. The number of aromatic nitrogens is 2. The highest BCUT2D eigenvalue weighted by Gasteiger charge is 2.12. The number of rotatable bonds is 3. The summed E-state index contributed by atoms with van der Waals surface area (Å²) in [6.45, 7) is 2.08. The van der Waals surface area contributed by atoms with Crippen LogP contribution in [0.1, 0.15) is 15.9 Å². The van der Waals surface area contributed by atoms with Crippen LogP contribution < -0.4 is 5.32 Å². The van der Waals surface area contributed by atoms with Crippen LogP contribution in [0.15, 0.2) is 60.7 Å². The Morgan fingerprint density at radius 2 is 1.75 bits per heavy atom. The number of para-hydroxylation sites is 1. The Labute approximate surface area is 172 Å². The van der Waals surface area contributed by atoms with Gasteiger partial charge in [0.1, 0.15) is 5.82 Å². The van der Waals surface area contributed by atoms with E-state index in [1.165, 1.54) is 5.56 Å². The molecule has 0 atom stereocenters. The van der Waals surface area contributed by atoms with Crippen LogP contribution in [-0.2, 0) is 7.05 Å². The fraction of sp³-hybridized carbons (Fsp3) is 0.0909. The first-order valence-electron chi connectivity index (χ1n) is 8.73. The summed E-state index contributed by atoms with van der Waals surface area (Å²) in [6, 6.07) is 18.5. The molecule has 1 amide bonds. The van der Waals surface area contributed by atoms with Gasteiger partial charge in [-0.15, -0.1) is 0 Å². The van der Waals surface area contributed by atoms with Gasteiger partial charge in [0.05, 0.1) is 21.1 Å². The third kappa shape index (κ3) is 3.37. The van der Waals surface area contributed by atoms with E-state index in [0.29, 0.717) is 21.3 Å². The van der Waals surface area contributed by atoms with Gasteiger partial charge in [0.25, 0.3) is 5.91 Å². The van der Waals surface area contributed by atoms with Gasteiger partial charge in [-0.2, -0.15) is 0 Å². The number of hydrogen-bond donors (Lipinski definition) is 1. The van der Waals surface area contributed by atoms with Crippen molar-refractivity contribution in [1.29, 1.82) is 0 Å². The van der Waals surface area contributed by atoms with Gasteiger partial charge in [-0.25, -0.2) is 4.98 Å². The van der Waals surface area contributed by atoms with Crippen molar-refractivity contribution in [3.05, 3.63) is 81.8 Å². The number of benzene rings is 3. The second-order valence-electron chi connectivity index (χ2n) is 6.60. The SMILES string of the molecule is Cc1cccc2nc(-c3ccc(NC(=O)c4ccc(Cl)c(Cl)c4)cc3)n(C)c12. The summed E-state index contributed by atoms with van der Waals surface area (Å²) in [6.07, 6.45) is 0. The maximum atomic E-state index is 12.4. The Bertz CT molecular complexity index is 1200. The lowest BCUT2D eigenvalue weighted by atomic mass is 10.1. The number of hydrogen-bond acceptors (Lipinski definition) is 2. The van der Waals surface area contributed by atoms with Crippen LogP contribution in [0.4, 0.5) is 5.69 Å². The Balaban J connectivity index is 1.59. The van der Waals surface area contributed by atoms with Crippen molar-refractivity contribution in [3.8, 4) is 11.4 Å². The summed E-state index contributed by atoms with van der Waals surface area (Å²) in [5.74, 6) is 0.635.